The third kappa shape index (κ3) is 4.31. The van der Waals surface area contributed by atoms with Crippen molar-refractivity contribution in [3.05, 3.63) is 35.9 Å². The van der Waals surface area contributed by atoms with Gasteiger partial charge < -0.3 is 10.6 Å². The first-order valence-corrected chi connectivity index (χ1v) is 8.20. The van der Waals surface area contributed by atoms with Gasteiger partial charge in [-0.2, -0.15) is 0 Å². The highest BCUT2D eigenvalue weighted by molar-refractivity contribution is 5.82. The Hall–Kier alpha value is -1.35. The fourth-order valence-electron chi connectivity index (χ4n) is 3.01. The van der Waals surface area contributed by atoms with E-state index in [9.17, 15) is 4.79 Å². The molecule has 1 aromatic rings. The fraction of sp³-hybridized carbons (Fsp3) is 0.611. The quantitative estimate of drug-likeness (QED) is 0.905. The Morgan fingerprint density at radius 1 is 1.29 bits per heavy atom. The van der Waals surface area contributed by atoms with Crippen molar-refractivity contribution in [2.24, 2.45) is 17.6 Å². The van der Waals surface area contributed by atoms with Crippen LogP contribution in [0.3, 0.4) is 0 Å². The molecule has 0 radical (unpaired) electrons. The molecule has 0 unspecified atom stereocenters. The SMILES string of the molecule is CC[C@H](C)[C@H](N)C(=O)N1CCC(Cc2ccccc2)CC1. The number of benzene rings is 1. The zero-order chi connectivity index (χ0) is 15.2. The average Bonchev–Trinajstić information content (AvgIpc) is 2.54. The van der Waals surface area contributed by atoms with E-state index in [-0.39, 0.29) is 17.9 Å². The summed E-state index contributed by atoms with van der Waals surface area (Å²) >= 11 is 0. The molecule has 1 aliphatic heterocycles. The lowest BCUT2D eigenvalue weighted by molar-refractivity contribution is -0.135. The molecular weight excluding hydrogens is 260 g/mol. The lowest BCUT2D eigenvalue weighted by Crippen LogP contribution is -2.49. The minimum absolute atomic E-state index is 0.141. The summed E-state index contributed by atoms with van der Waals surface area (Å²) in [5.41, 5.74) is 7.47. The molecular formula is C18H28N2O. The van der Waals surface area contributed by atoms with Crippen molar-refractivity contribution >= 4 is 5.91 Å². The lowest BCUT2D eigenvalue weighted by Gasteiger charge is -2.34. The van der Waals surface area contributed by atoms with E-state index in [1.54, 1.807) is 0 Å². The van der Waals surface area contributed by atoms with Gasteiger partial charge in [-0.3, -0.25) is 4.79 Å². The number of amides is 1. The van der Waals surface area contributed by atoms with Gasteiger partial charge in [-0.15, -0.1) is 0 Å². The fourth-order valence-corrected chi connectivity index (χ4v) is 3.01. The smallest absolute Gasteiger partial charge is 0.239 e. The number of nitrogens with two attached hydrogens (primary N) is 1. The van der Waals surface area contributed by atoms with Gasteiger partial charge in [0.25, 0.3) is 0 Å². The van der Waals surface area contributed by atoms with Crippen molar-refractivity contribution in [1.82, 2.24) is 4.90 Å². The summed E-state index contributed by atoms with van der Waals surface area (Å²) < 4.78 is 0. The number of carbonyl (C=O) groups excluding carboxylic acids is 1. The van der Waals surface area contributed by atoms with Gasteiger partial charge in [0.05, 0.1) is 6.04 Å². The second-order valence-electron chi connectivity index (χ2n) is 6.37. The molecule has 1 fully saturated rings. The molecule has 0 aliphatic carbocycles. The molecule has 21 heavy (non-hydrogen) atoms. The largest absolute Gasteiger partial charge is 0.341 e. The molecule has 3 nitrogen and oxygen atoms in total. The molecule has 1 amide bonds. The number of hydrogen-bond acceptors (Lipinski definition) is 2. The van der Waals surface area contributed by atoms with E-state index >= 15 is 0 Å². The van der Waals surface area contributed by atoms with Gasteiger partial charge in [-0.25, -0.2) is 0 Å². The van der Waals surface area contributed by atoms with Crippen LogP contribution in [-0.2, 0) is 11.2 Å². The number of carbonyl (C=O) groups is 1. The Balaban J connectivity index is 1.81. The maximum Gasteiger partial charge on any atom is 0.239 e. The summed E-state index contributed by atoms with van der Waals surface area (Å²) in [6.45, 7) is 5.87. The van der Waals surface area contributed by atoms with E-state index < -0.39 is 0 Å². The molecule has 1 heterocycles. The predicted molar refractivity (Wildman–Crippen MR) is 86.9 cm³/mol. The highest BCUT2D eigenvalue weighted by Crippen LogP contribution is 2.22. The van der Waals surface area contributed by atoms with Crippen LogP contribution in [0, 0.1) is 11.8 Å². The molecule has 1 aliphatic rings. The molecule has 0 spiro atoms. The summed E-state index contributed by atoms with van der Waals surface area (Å²) in [4.78, 5) is 14.3. The molecule has 2 atom stereocenters. The van der Waals surface area contributed by atoms with E-state index in [4.69, 9.17) is 5.73 Å². The monoisotopic (exact) mass is 288 g/mol. The van der Waals surface area contributed by atoms with Crippen LogP contribution in [0.15, 0.2) is 30.3 Å². The predicted octanol–water partition coefficient (Wildman–Crippen LogP) is 2.84. The Morgan fingerprint density at radius 3 is 2.48 bits per heavy atom. The summed E-state index contributed by atoms with van der Waals surface area (Å²) in [5, 5.41) is 0. The standard InChI is InChI=1S/C18H28N2O/c1-3-14(2)17(19)18(21)20-11-9-16(10-12-20)13-15-7-5-4-6-8-15/h4-8,14,16-17H,3,9-13,19H2,1-2H3/t14-,17-/m0/s1. The van der Waals surface area contributed by atoms with Crippen LogP contribution in [0.2, 0.25) is 0 Å². The first kappa shape index (κ1) is 16.0. The second kappa shape index (κ2) is 7.60. The Labute approximate surface area is 128 Å². The molecule has 2 N–H and O–H groups in total. The number of piperidine rings is 1. The Bertz CT molecular complexity index is 438. The van der Waals surface area contributed by atoms with Crippen molar-refractivity contribution in [3.8, 4) is 0 Å². The van der Waals surface area contributed by atoms with Crippen molar-refractivity contribution in [1.29, 1.82) is 0 Å². The van der Waals surface area contributed by atoms with E-state index in [0.717, 1.165) is 38.8 Å². The van der Waals surface area contributed by atoms with E-state index in [1.807, 2.05) is 4.90 Å². The van der Waals surface area contributed by atoms with Gasteiger partial charge in [0.1, 0.15) is 0 Å². The Kier molecular flexibility index (Phi) is 5.80. The maximum absolute atomic E-state index is 12.4. The highest BCUT2D eigenvalue weighted by atomic mass is 16.2. The van der Waals surface area contributed by atoms with Crippen LogP contribution >= 0.6 is 0 Å². The number of rotatable bonds is 5. The lowest BCUT2D eigenvalue weighted by atomic mass is 9.89. The van der Waals surface area contributed by atoms with Gasteiger partial charge in [0, 0.05) is 13.1 Å². The zero-order valence-corrected chi connectivity index (χ0v) is 13.3. The normalized spacial score (nSPS) is 19.3. The van der Waals surface area contributed by atoms with Crippen LogP contribution in [-0.4, -0.2) is 29.9 Å². The molecule has 0 aromatic heterocycles. The van der Waals surface area contributed by atoms with Crippen LogP contribution < -0.4 is 5.73 Å². The average molecular weight is 288 g/mol. The topological polar surface area (TPSA) is 46.3 Å². The summed E-state index contributed by atoms with van der Waals surface area (Å²) in [6, 6.07) is 10.3. The third-order valence-corrected chi connectivity index (χ3v) is 4.84. The maximum atomic E-state index is 12.4. The Morgan fingerprint density at radius 2 is 1.90 bits per heavy atom. The van der Waals surface area contributed by atoms with Gasteiger partial charge >= 0.3 is 0 Å². The highest BCUT2D eigenvalue weighted by Gasteiger charge is 2.28. The van der Waals surface area contributed by atoms with Crippen LogP contribution in [0.25, 0.3) is 0 Å². The van der Waals surface area contributed by atoms with Crippen molar-refractivity contribution in [2.45, 2.75) is 45.6 Å². The van der Waals surface area contributed by atoms with Gasteiger partial charge in [0.15, 0.2) is 0 Å². The minimum atomic E-state index is -0.333. The third-order valence-electron chi connectivity index (χ3n) is 4.84. The molecule has 0 bridgehead atoms. The second-order valence-corrected chi connectivity index (χ2v) is 6.37. The van der Waals surface area contributed by atoms with Crippen LogP contribution in [0.1, 0.15) is 38.7 Å². The molecule has 3 heteroatoms. The van der Waals surface area contributed by atoms with E-state index in [1.165, 1.54) is 5.56 Å². The van der Waals surface area contributed by atoms with E-state index in [2.05, 4.69) is 44.2 Å². The number of nitrogens with zero attached hydrogens (tertiary/aromatic N) is 1. The number of likely N-dealkylation sites (tertiary alicyclic amines) is 1. The summed E-state index contributed by atoms with van der Waals surface area (Å²) in [5.74, 6) is 1.10. The van der Waals surface area contributed by atoms with Crippen molar-refractivity contribution in [3.63, 3.8) is 0 Å². The van der Waals surface area contributed by atoms with Gasteiger partial charge in [-0.1, -0.05) is 50.6 Å². The first-order chi connectivity index (χ1) is 10.1. The van der Waals surface area contributed by atoms with Crippen LogP contribution in [0.4, 0.5) is 0 Å². The summed E-state index contributed by atoms with van der Waals surface area (Å²) in [6.07, 6.45) is 4.26. The molecule has 0 saturated carbocycles. The molecule has 116 valence electrons. The van der Waals surface area contributed by atoms with Crippen molar-refractivity contribution in [2.75, 3.05) is 13.1 Å². The van der Waals surface area contributed by atoms with Crippen LogP contribution in [0.5, 0.6) is 0 Å². The van der Waals surface area contributed by atoms with Crippen molar-refractivity contribution < 1.29 is 4.79 Å². The molecule has 2 rings (SSSR count). The van der Waals surface area contributed by atoms with E-state index in [0.29, 0.717) is 5.92 Å². The summed E-state index contributed by atoms with van der Waals surface area (Å²) in [7, 11) is 0. The first-order valence-electron chi connectivity index (χ1n) is 8.20. The zero-order valence-electron chi connectivity index (χ0n) is 13.3. The van der Waals surface area contributed by atoms with Gasteiger partial charge in [0.2, 0.25) is 5.91 Å². The minimum Gasteiger partial charge on any atom is -0.341 e. The molecule has 1 aromatic carbocycles. The van der Waals surface area contributed by atoms with Gasteiger partial charge in [-0.05, 0) is 36.7 Å². The molecule has 1 saturated heterocycles. The number of hydrogen-bond donors (Lipinski definition) is 1.